The number of sulfone groups is 1. The van der Waals surface area contributed by atoms with E-state index in [4.69, 9.17) is 9.84 Å². The molecule has 0 aliphatic rings. The van der Waals surface area contributed by atoms with Crippen molar-refractivity contribution in [2.45, 2.75) is 18.8 Å². The van der Waals surface area contributed by atoms with Crippen molar-refractivity contribution in [2.75, 3.05) is 12.3 Å². The van der Waals surface area contributed by atoms with E-state index in [1.807, 2.05) is 6.07 Å². The van der Waals surface area contributed by atoms with Crippen molar-refractivity contribution in [2.24, 2.45) is 0 Å². The van der Waals surface area contributed by atoms with Gasteiger partial charge in [-0.2, -0.15) is 0 Å². The molecule has 0 spiro atoms. The van der Waals surface area contributed by atoms with Gasteiger partial charge in [0.25, 0.3) is 0 Å². The second-order valence-electron chi connectivity index (χ2n) is 4.34. The average molecular weight is 315 g/mol. The van der Waals surface area contributed by atoms with Crippen LogP contribution in [-0.2, 0) is 26.0 Å². The third kappa shape index (κ3) is 5.82. The van der Waals surface area contributed by atoms with Gasteiger partial charge in [-0.3, -0.25) is 4.79 Å². The van der Waals surface area contributed by atoms with Crippen molar-refractivity contribution in [3.8, 4) is 0 Å². The standard InChI is InChI=1S/C13H17NO6S/c1-10(12(15)16)21(18,19)8-7-14-13(17)20-9-11-5-3-2-4-6-11/h2-6,10H,7-9H2,1H3,(H,14,17)(H,15,16)/t10-/m1/s1. The minimum absolute atomic E-state index is 0.0744. The number of alkyl carbamates (subject to hydrolysis) is 1. The van der Waals surface area contributed by atoms with Crippen LogP contribution in [0.2, 0.25) is 0 Å². The summed E-state index contributed by atoms with van der Waals surface area (Å²) in [5, 5.41) is 9.41. The Hall–Kier alpha value is -2.09. The number of hydrogen-bond donors (Lipinski definition) is 2. The number of carbonyl (C=O) groups excluding carboxylic acids is 1. The second-order valence-corrected chi connectivity index (χ2v) is 6.78. The highest BCUT2D eigenvalue weighted by Gasteiger charge is 2.27. The molecule has 0 aromatic heterocycles. The van der Waals surface area contributed by atoms with E-state index in [2.05, 4.69) is 5.32 Å². The van der Waals surface area contributed by atoms with Gasteiger partial charge >= 0.3 is 12.1 Å². The maximum absolute atomic E-state index is 11.6. The first-order valence-electron chi connectivity index (χ1n) is 6.22. The van der Waals surface area contributed by atoms with Gasteiger partial charge in [-0.1, -0.05) is 30.3 Å². The number of rotatable bonds is 7. The van der Waals surface area contributed by atoms with Crippen molar-refractivity contribution < 1.29 is 27.9 Å². The molecular weight excluding hydrogens is 298 g/mol. The molecule has 0 bridgehead atoms. The van der Waals surface area contributed by atoms with Gasteiger partial charge in [0, 0.05) is 6.54 Å². The van der Waals surface area contributed by atoms with Gasteiger partial charge < -0.3 is 15.2 Å². The fourth-order valence-electron chi connectivity index (χ4n) is 1.40. The van der Waals surface area contributed by atoms with E-state index in [1.165, 1.54) is 0 Å². The van der Waals surface area contributed by atoms with Gasteiger partial charge in [-0.05, 0) is 12.5 Å². The minimum Gasteiger partial charge on any atom is -0.480 e. The SMILES string of the molecule is C[C@H](C(=O)O)S(=O)(=O)CCNC(=O)OCc1ccccc1. The molecular formula is C13H17NO6S. The summed E-state index contributed by atoms with van der Waals surface area (Å²) in [6.07, 6.45) is -0.753. The van der Waals surface area contributed by atoms with E-state index in [0.29, 0.717) is 0 Å². The highest BCUT2D eigenvalue weighted by Crippen LogP contribution is 2.02. The number of carbonyl (C=O) groups is 2. The quantitative estimate of drug-likeness (QED) is 0.770. The molecule has 0 radical (unpaired) electrons. The molecule has 1 aromatic carbocycles. The number of amides is 1. The zero-order valence-electron chi connectivity index (χ0n) is 11.5. The lowest BCUT2D eigenvalue weighted by Gasteiger charge is -2.10. The van der Waals surface area contributed by atoms with Crippen LogP contribution in [0.15, 0.2) is 30.3 Å². The Morgan fingerprint density at radius 3 is 2.48 bits per heavy atom. The predicted molar refractivity (Wildman–Crippen MR) is 75.5 cm³/mol. The summed E-state index contributed by atoms with van der Waals surface area (Å²) in [6, 6.07) is 9.00. The predicted octanol–water partition coefficient (Wildman–Crippen LogP) is 0.801. The van der Waals surface area contributed by atoms with Gasteiger partial charge in [0.05, 0.1) is 5.75 Å². The fourth-order valence-corrected chi connectivity index (χ4v) is 2.45. The van der Waals surface area contributed by atoms with Gasteiger partial charge in [-0.15, -0.1) is 0 Å². The number of nitrogens with one attached hydrogen (secondary N) is 1. The summed E-state index contributed by atoms with van der Waals surface area (Å²) in [4.78, 5) is 22.0. The molecule has 8 heteroatoms. The van der Waals surface area contributed by atoms with Gasteiger partial charge in [0.15, 0.2) is 15.1 Å². The topological polar surface area (TPSA) is 110 Å². The maximum Gasteiger partial charge on any atom is 0.407 e. The number of ether oxygens (including phenoxy) is 1. The molecule has 116 valence electrons. The van der Waals surface area contributed by atoms with Gasteiger partial charge in [-0.25, -0.2) is 13.2 Å². The molecule has 0 heterocycles. The third-order valence-corrected chi connectivity index (χ3v) is 4.81. The number of carboxylic acids is 1. The Labute approximate surface area is 122 Å². The van der Waals surface area contributed by atoms with E-state index < -0.39 is 32.9 Å². The Kier molecular flexibility index (Phi) is 6.16. The van der Waals surface area contributed by atoms with Crippen LogP contribution >= 0.6 is 0 Å². The lowest BCUT2D eigenvalue weighted by Crippen LogP contribution is -2.35. The summed E-state index contributed by atoms with van der Waals surface area (Å²) >= 11 is 0. The summed E-state index contributed by atoms with van der Waals surface area (Å²) in [7, 11) is -3.79. The molecule has 21 heavy (non-hydrogen) atoms. The maximum atomic E-state index is 11.6. The zero-order valence-corrected chi connectivity index (χ0v) is 12.3. The van der Waals surface area contributed by atoms with Crippen molar-refractivity contribution in [1.82, 2.24) is 5.32 Å². The van der Waals surface area contributed by atoms with E-state index in [9.17, 15) is 18.0 Å². The highest BCUT2D eigenvalue weighted by molar-refractivity contribution is 7.92. The first-order chi connectivity index (χ1) is 9.83. The Morgan fingerprint density at radius 1 is 1.29 bits per heavy atom. The molecule has 1 rings (SSSR count). The average Bonchev–Trinajstić information content (AvgIpc) is 2.45. The molecule has 0 unspecified atom stereocenters. The summed E-state index contributed by atoms with van der Waals surface area (Å²) in [6.45, 7) is 0.962. The Balaban J connectivity index is 2.32. The number of aliphatic carboxylic acids is 1. The van der Waals surface area contributed by atoms with Crippen LogP contribution in [0.4, 0.5) is 4.79 Å². The van der Waals surface area contributed by atoms with Crippen molar-refractivity contribution in [1.29, 1.82) is 0 Å². The minimum atomic E-state index is -3.79. The molecule has 0 aliphatic heterocycles. The van der Waals surface area contributed by atoms with Crippen LogP contribution in [0.25, 0.3) is 0 Å². The molecule has 0 saturated carbocycles. The highest BCUT2D eigenvalue weighted by atomic mass is 32.2. The molecule has 0 fully saturated rings. The monoisotopic (exact) mass is 315 g/mol. The van der Waals surface area contributed by atoms with Crippen LogP contribution in [0.3, 0.4) is 0 Å². The van der Waals surface area contributed by atoms with Crippen LogP contribution in [0.1, 0.15) is 12.5 Å². The largest absolute Gasteiger partial charge is 0.480 e. The van der Waals surface area contributed by atoms with Crippen molar-refractivity contribution >= 4 is 21.9 Å². The molecule has 7 nitrogen and oxygen atoms in total. The van der Waals surface area contributed by atoms with Gasteiger partial charge in [0.2, 0.25) is 0 Å². The molecule has 1 atom stereocenters. The first kappa shape index (κ1) is 17.0. The lowest BCUT2D eigenvalue weighted by molar-refractivity contribution is -0.136. The van der Waals surface area contributed by atoms with E-state index in [0.717, 1.165) is 12.5 Å². The Morgan fingerprint density at radius 2 is 1.90 bits per heavy atom. The first-order valence-corrected chi connectivity index (χ1v) is 7.93. The van der Waals surface area contributed by atoms with Crippen LogP contribution in [0, 0.1) is 0 Å². The molecule has 2 N–H and O–H groups in total. The number of carboxylic acid groups (broad SMARTS) is 1. The molecule has 1 amide bonds. The van der Waals surface area contributed by atoms with Crippen LogP contribution in [0.5, 0.6) is 0 Å². The molecule has 0 aliphatic carbocycles. The van der Waals surface area contributed by atoms with Crippen LogP contribution in [-0.4, -0.2) is 43.1 Å². The summed E-state index contributed by atoms with van der Waals surface area (Å²) in [5.41, 5.74) is 0.805. The summed E-state index contributed by atoms with van der Waals surface area (Å²) in [5.74, 6) is -1.87. The third-order valence-electron chi connectivity index (χ3n) is 2.76. The smallest absolute Gasteiger partial charge is 0.407 e. The zero-order chi connectivity index (χ0) is 15.9. The van der Waals surface area contributed by atoms with Crippen molar-refractivity contribution in [3.63, 3.8) is 0 Å². The van der Waals surface area contributed by atoms with E-state index in [-0.39, 0.29) is 13.2 Å². The van der Waals surface area contributed by atoms with E-state index >= 15 is 0 Å². The summed E-state index contributed by atoms with van der Waals surface area (Å²) < 4.78 is 28.0. The van der Waals surface area contributed by atoms with Gasteiger partial charge in [0.1, 0.15) is 6.61 Å². The molecule has 0 saturated heterocycles. The number of hydrogen-bond acceptors (Lipinski definition) is 5. The van der Waals surface area contributed by atoms with E-state index in [1.54, 1.807) is 24.3 Å². The normalized spacial score (nSPS) is 12.4. The van der Waals surface area contributed by atoms with Crippen LogP contribution < -0.4 is 5.32 Å². The second kappa shape index (κ2) is 7.63. The lowest BCUT2D eigenvalue weighted by atomic mass is 10.2. The molecule has 1 aromatic rings. The fraction of sp³-hybridized carbons (Fsp3) is 0.385. The van der Waals surface area contributed by atoms with Crippen molar-refractivity contribution in [3.05, 3.63) is 35.9 Å². The Bertz CT molecular complexity index is 584. The number of benzene rings is 1.